The van der Waals surface area contributed by atoms with E-state index in [4.69, 9.17) is 14.2 Å². The Balaban J connectivity index is 1.16. The van der Waals surface area contributed by atoms with Gasteiger partial charge in [0, 0.05) is 30.1 Å². The number of pyridine rings is 1. The van der Waals surface area contributed by atoms with E-state index < -0.39 is 6.10 Å². The molecule has 6 rings (SSSR count). The van der Waals surface area contributed by atoms with Crippen LogP contribution in [-0.2, 0) is 9.47 Å². The van der Waals surface area contributed by atoms with Crippen LogP contribution in [0.4, 0.5) is 0 Å². The van der Waals surface area contributed by atoms with Crippen LogP contribution in [0.2, 0.25) is 0 Å². The van der Waals surface area contributed by atoms with Crippen molar-refractivity contribution in [1.29, 1.82) is 0 Å². The smallest absolute Gasteiger partial charge is 0.159 e. The zero-order valence-electron chi connectivity index (χ0n) is 21.3. The quantitative estimate of drug-likeness (QED) is 0.535. The van der Waals surface area contributed by atoms with E-state index in [2.05, 4.69) is 33.4 Å². The van der Waals surface area contributed by atoms with Crippen molar-refractivity contribution >= 4 is 10.9 Å². The number of allylic oxidation sites excluding steroid dienone is 3. The van der Waals surface area contributed by atoms with Gasteiger partial charge in [-0.15, -0.1) is 0 Å². The highest BCUT2D eigenvalue weighted by Gasteiger charge is 2.42. The first-order valence-electron chi connectivity index (χ1n) is 13.3. The molecule has 1 aliphatic carbocycles. The fourth-order valence-corrected chi connectivity index (χ4v) is 6.44. The van der Waals surface area contributed by atoms with E-state index in [9.17, 15) is 5.11 Å². The molecular formula is C30H35N3O4. The summed E-state index contributed by atoms with van der Waals surface area (Å²) < 4.78 is 16.7. The average Bonchev–Trinajstić information content (AvgIpc) is 3.18. The molecular weight excluding hydrogens is 466 g/mol. The van der Waals surface area contributed by atoms with Gasteiger partial charge in [-0.1, -0.05) is 30.4 Å². The maximum Gasteiger partial charge on any atom is 0.159 e. The lowest BCUT2D eigenvalue weighted by atomic mass is 9.91. The Kier molecular flexibility index (Phi) is 7.00. The predicted octanol–water partition coefficient (Wildman–Crippen LogP) is 4.87. The Bertz CT molecular complexity index is 1240. The van der Waals surface area contributed by atoms with Crippen LogP contribution in [0.25, 0.3) is 10.9 Å². The molecule has 2 fully saturated rings. The number of hydrogen-bond acceptors (Lipinski definition) is 7. The lowest BCUT2D eigenvalue weighted by Gasteiger charge is -2.42. The monoisotopic (exact) mass is 501 g/mol. The van der Waals surface area contributed by atoms with Gasteiger partial charge in [0.2, 0.25) is 0 Å². The van der Waals surface area contributed by atoms with Crippen LogP contribution in [0.15, 0.2) is 78.8 Å². The van der Waals surface area contributed by atoms with Gasteiger partial charge < -0.3 is 24.6 Å². The number of nitrogens with one attached hydrogen (secondary N) is 1. The summed E-state index contributed by atoms with van der Waals surface area (Å²) in [6.07, 6.45) is 19.1. The maximum atomic E-state index is 11.4. The van der Waals surface area contributed by atoms with Crippen LogP contribution in [0, 0.1) is 0 Å². The Labute approximate surface area is 218 Å². The molecule has 0 saturated carbocycles. The first kappa shape index (κ1) is 24.2. The molecule has 7 heteroatoms. The number of ether oxygens (including phenoxy) is 3. The molecule has 4 atom stereocenters. The highest BCUT2D eigenvalue weighted by Crippen LogP contribution is 2.39. The Morgan fingerprint density at radius 3 is 2.81 bits per heavy atom. The summed E-state index contributed by atoms with van der Waals surface area (Å²) in [5, 5.41) is 16.2. The van der Waals surface area contributed by atoms with Gasteiger partial charge in [0.25, 0.3) is 0 Å². The molecule has 0 spiro atoms. The number of fused-ring (bicyclic) bond motifs is 3. The largest absolute Gasteiger partial charge is 0.495 e. The second kappa shape index (κ2) is 10.7. The number of aliphatic hydroxyl groups excluding tert-OH is 1. The van der Waals surface area contributed by atoms with Crippen LogP contribution in [0.5, 0.6) is 5.75 Å². The van der Waals surface area contributed by atoms with Gasteiger partial charge in [0.15, 0.2) is 5.76 Å². The summed E-state index contributed by atoms with van der Waals surface area (Å²) in [6.45, 7) is 0.630. The van der Waals surface area contributed by atoms with Gasteiger partial charge in [-0.25, -0.2) is 0 Å². The first-order valence-corrected chi connectivity index (χ1v) is 13.3. The van der Waals surface area contributed by atoms with Crippen molar-refractivity contribution in [2.75, 3.05) is 13.7 Å². The fourth-order valence-electron chi connectivity index (χ4n) is 6.44. The van der Waals surface area contributed by atoms with E-state index in [1.807, 2.05) is 24.3 Å². The van der Waals surface area contributed by atoms with E-state index in [1.54, 1.807) is 32.1 Å². The first-order chi connectivity index (χ1) is 18.2. The van der Waals surface area contributed by atoms with Crippen LogP contribution in [-0.4, -0.2) is 52.8 Å². The summed E-state index contributed by atoms with van der Waals surface area (Å²) >= 11 is 0. The SMILES string of the molecule is COc1cnc2cccc(C(O)CN3C4CCC3CC(NC(C3=CC=CCC3)C3=COC=CO3)C4)c2c1. The zero-order valence-corrected chi connectivity index (χ0v) is 21.3. The molecule has 2 N–H and O–H groups in total. The van der Waals surface area contributed by atoms with Gasteiger partial charge >= 0.3 is 0 Å². The van der Waals surface area contributed by atoms with Gasteiger partial charge in [0.05, 0.1) is 31.0 Å². The van der Waals surface area contributed by atoms with E-state index in [-0.39, 0.29) is 6.04 Å². The van der Waals surface area contributed by atoms with Crippen molar-refractivity contribution < 1.29 is 19.3 Å². The summed E-state index contributed by atoms with van der Waals surface area (Å²) in [7, 11) is 1.64. The van der Waals surface area contributed by atoms with Gasteiger partial charge in [-0.2, -0.15) is 0 Å². The molecule has 1 aromatic carbocycles. The minimum Gasteiger partial charge on any atom is -0.495 e. The molecule has 3 aliphatic heterocycles. The molecule has 2 saturated heterocycles. The Morgan fingerprint density at radius 1 is 1.22 bits per heavy atom. The minimum absolute atomic E-state index is 0.00889. The maximum absolute atomic E-state index is 11.4. The molecule has 0 amide bonds. The molecule has 7 nitrogen and oxygen atoms in total. The molecule has 1 aromatic heterocycles. The van der Waals surface area contributed by atoms with Crippen molar-refractivity contribution in [2.24, 2.45) is 0 Å². The second-order valence-electron chi connectivity index (χ2n) is 10.4. The number of rotatable bonds is 8. The van der Waals surface area contributed by atoms with Gasteiger partial charge in [-0.05, 0) is 61.8 Å². The summed E-state index contributed by atoms with van der Waals surface area (Å²) in [5.74, 6) is 1.52. The topological polar surface area (TPSA) is 76.1 Å². The third kappa shape index (κ3) is 5.04. The molecule has 2 bridgehead atoms. The number of methoxy groups -OCH3 is 1. The van der Waals surface area contributed by atoms with E-state index in [0.717, 1.165) is 47.9 Å². The molecule has 0 radical (unpaired) electrons. The Hall–Kier alpha value is -3.13. The predicted molar refractivity (Wildman–Crippen MR) is 143 cm³/mol. The Morgan fingerprint density at radius 2 is 2.08 bits per heavy atom. The minimum atomic E-state index is -0.582. The highest BCUT2D eigenvalue weighted by atomic mass is 16.5. The molecule has 37 heavy (non-hydrogen) atoms. The molecule has 4 heterocycles. The second-order valence-corrected chi connectivity index (χ2v) is 10.4. The lowest BCUT2D eigenvalue weighted by Crippen LogP contribution is -2.53. The number of aliphatic hydroxyl groups is 1. The van der Waals surface area contributed by atoms with Crippen molar-refractivity contribution in [3.05, 3.63) is 84.4 Å². The van der Waals surface area contributed by atoms with Crippen LogP contribution in [0.3, 0.4) is 0 Å². The van der Waals surface area contributed by atoms with Crippen molar-refractivity contribution in [3.8, 4) is 5.75 Å². The van der Waals surface area contributed by atoms with Crippen LogP contribution >= 0.6 is 0 Å². The lowest BCUT2D eigenvalue weighted by molar-refractivity contribution is 0.0508. The van der Waals surface area contributed by atoms with Crippen molar-refractivity contribution in [3.63, 3.8) is 0 Å². The third-order valence-electron chi connectivity index (χ3n) is 8.22. The molecule has 4 aliphatic rings. The standard InChI is InChI=1S/C30H35N3O4/c1-35-24-16-26-25(8-5-9-27(26)31-17-24)28(34)18-33-22-10-11-23(33)15-21(14-22)32-30(20-6-3-2-4-7-20)29-19-36-12-13-37-29/h2-3,5-6,8-9,12-13,16-17,19,21-23,28,30,32,34H,4,7,10-11,14-15,18H2,1H3. The normalized spacial score (nSPS) is 26.7. The van der Waals surface area contributed by atoms with Crippen LogP contribution in [0.1, 0.15) is 50.2 Å². The molecule has 4 unspecified atom stereocenters. The van der Waals surface area contributed by atoms with Crippen LogP contribution < -0.4 is 10.1 Å². The molecule has 2 aromatic rings. The summed E-state index contributed by atoms with van der Waals surface area (Å²) in [5.41, 5.74) is 3.12. The van der Waals surface area contributed by atoms with Crippen molar-refractivity contribution in [1.82, 2.24) is 15.2 Å². The third-order valence-corrected chi connectivity index (χ3v) is 8.22. The molecule has 194 valence electrons. The number of piperidine rings is 1. The van der Waals surface area contributed by atoms with Gasteiger partial charge in [-0.3, -0.25) is 9.88 Å². The van der Waals surface area contributed by atoms with Crippen molar-refractivity contribution in [2.45, 2.75) is 68.8 Å². The van der Waals surface area contributed by atoms with E-state index in [0.29, 0.717) is 30.4 Å². The number of nitrogens with zero attached hydrogens (tertiary/aromatic N) is 2. The summed E-state index contributed by atoms with van der Waals surface area (Å²) in [4.78, 5) is 7.04. The number of aromatic nitrogens is 1. The van der Waals surface area contributed by atoms with E-state index in [1.165, 1.54) is 18.4 Å². The highest BCUT2D eigenvalue weighted by molar-refractivity contribution is 5.83. The summed E-state index contributed by atoms with van der Waals surface area (Å²) in [6, 6.07) is 9.22. The van der Waals surface area contributed by atoms with E-state index >= 15 is 0 Å². The number of benzene rings is 1. The zero-order chi connectivity index (χ0) is 25.2. The number of hydrogen-bond donors (Lipinski definition) is 2. The van der Waals surface area contributed by atoms with Gasteiger partial charge in [0.1, 0.15) is 24.5 Å². The average molecular weight is 502 g/mol. The fraction of sp³-hybridized carbons (Fsp3) is 0.433.